The number of carbonyl (C=O) groups is 1. The van der Waals surface area contributed by atoms with Crippen LogP contribution in [0, 0.1) is 0 Å². The first-order chi connectivity index (χ1) is 8.27. The molecule has 88 valence electrons. The Morgan fingerprint density at radius 2 is 2.41 bits per heavy atom. The largest absolute Gasteiger partial charge is 0.478 e. The molecule has 2 aromatic heterocycles. The summed E-state index contributed by atoms with van der Waals surface area (Å²) in [5, 5.41) is 15.6. The Morgan fingerprint density at radius 1 is 1.53 bits per heavy atom. The topological polar surface area (TPSA) is 101 Å². The lowest BCUT2D eigenvalue weighted by Crippen LogP contribution is -2.10. The van der Waals surface area contributed by atoms with E-state index in [2.05, 4.69) is 25.0 Å². The first-order valence-electron chi connectivity index (χ1n) is 4.94. The molecule has 0 aliphatic heterocycles. The highest BCUT2D eigenvalue weighted by Crippen LogP contribution is 2.12. The summed E-state index contributed by atoms with van der Waals surface area (Å²) in [7, 11) is 0. The summed E-state index contributed by atoms with van der Waals surface area (Å²) in [4.78, 5) is 18.6. The molecule has 2 heterocycles. The highest BCUT2D eigenvalue weighted by molar-refractivity contribution is 5.93. The summed E-state index contributed by atoms with van der Waals surface area (Å²) in [5.74, 6) is -0.423. The van der Waals surface area contributed by atoms with Crippen molar-refractivity contribution in [2.75, 3.05) is 11.9 Å². The van der Waals surface area contributed by atoms with Gasteiger partial charge < -0.3 is 14.9 Å². The molecule has 0 saturated carbocycles. The van der Waals surface area contributed by atoms with E-state index in [0.717, 1.165) is 0 Å². The predicted molar refractivity (Wildman–Crippen MR) is 57.7 cm³/mol. The second kappa shape index (κ2) is 5.06. The zero-order chi connectivity index (χ0) is 12.1. The first kappa shape index (κ1) is 11.1. The zero-order valence-electron chi connectivity index (χ0n) is 8.83. The van der Waals surface area contributed by atoms with Gasteiger partial charge in [-0.05, 0) is 6.07 Å². The lowest BCUT2D eigenvalue weighted by molar-refractivity contribution is 0.0698. The molecule has 0 aliphatic carbocycles. The average Bonchev–Trinajstić information content (AvgIpc) is 2.82. The van der Waals surface area contributed by atoms with Crippen LogP contribution in [0.3, 0.4) is 0 Å². The van der Waals surface area contributed by atoms with E-state index in [1.165, 1.54) is 24.9 Å². The Balaban J connectivity index is 1.97. The van der Waals surface area contributed by atoms with Gasteiger partial charge in [0.15, 0.2) is 5.82 Å². The van der Waals surface area contributed by atoms with E-state index in [1.54, 1.807) is 0 Å². The monoisotopic (exact) mass is 234 g/mol. The number of carboxylic acids is 1. The van der Waals surface area contributed by atoms with E-state index >= 15 is 0 Å². The minimum atomic E-state index is -0.991. The molecule has 2 rings (SSSR count). The summed E-state index contributed by atoms with van der Waals surface area (Å²) in [6.07, 6.45) is 4.71. The third-order valence-corrected chi connectivity index (χ3v) is 2.12. The van der Waals surface area contributed by atoms with Gasteiger partial charge in [0.2, 0.25) is 6.39 Å². The third-order valence-electron chi connectivity index (χ3n) is 2.12. The number of nitrogens with one attached hydrogen (secondary N) is 1. The summed E-state index contributed by atoms with van der Waals surface area (Å²) < 4.78 is 4.58. The van der Waals surface area contributed by atoms with Gasteiger partial charge in [0.05, 0.1) is 17.4 Å². The maximum absolute atomic E-state index is 10.9. The van der Waals surface area contributed by atoms with Crippen molar-refractivity contribution in [1.82, 2.24) is 15.1 Å². The Morgan fingerprint density at radius 3 is 3.12 bits per heavy atom. The van der Waals surface area contributed by atoms with Crippen LogP contribution in [0.2, 0.25) is 0 Å². The number of aromatic nitrogens is 3. The maximum Gasteiger partial charge on any atom is 0.337 e. The van der Waals surface area contributed by atoms with Crippen molar-refractivity contribution in [3.8, 4) is 0 Å². The second-order valence-electron chi connectivity index (χ2n) is 3.25. The quantitative estimate of drug-likeness (QED) is 0.789. The molecule has 0 spiro atoms. The number of rotatable bonds is 5. The van der Waals surface area contributed by atoms with E-state index in [9.17, 15) is 4.79 Å². The smallest absolute Gasteiger partial charge is 0.337 e. The molecule has 0 bridgehead atoms. The van der Waals surface area contributed by atoms with Crippen molar-refractivity contribution in [3.05, 3.63) is 36.2 Å². The lowest BCUT2D eigenvalue weighted by Gasteiger charge is -2.07. The van der Waals surface area contributed by atoms with Gasteiger partial charge in [0.1, 0.15) is 0 Å². The van der Waals surface area contributed by atoms with Crippen molar-refractivity contribution >= 4 is 11.7 Å². The Kier molecular flexibility index (Phi) is 3.29. The minimum absolute atomic E-state index is 0.188. The molecular weight excluding hydrogens is 224 g/mol. The van der Waals surface area contributed by atoms with E-state index in [4.69, 9.17) is 5.11 Å². The van der Waals surface area contributed by atoms with Gasteiger partial charge in [0.25, 0.3) is 0 Å². The van der Waals surface area contributed by atoms with Gasteiger partial charge >= 0.3 is 5.97 Å². The van der Waals surface area contributed by atoms with Crippen molar-refractivity contribution < 1.29 is 14.4 Å². The molecule has 0 aromatic carbocycles. The van der Waals surface area contributed by atoms with Crippen LogP contribution in [0.1, 0.15) is 16.2 Å². The van der Waals surface area contributed by atoms with Gasteiger partial charge in [-0.25, -0.2) is 4.79 Å². The van der Waals surface area contributed by atoms with Crippen molar-refractivity contribution in [1.29, 1.82) is 0 Å². The van der Waals surface area contributed by atoms with E-state index in [-0.39, 0.29) is 5.56 Å². The van der Waals surface area contributed by atoms with Crippen molar-refractivity contribution in [2.45, 2.75) is 6.42 Å². The summed E-state index contributed by atoms with van der Waals surface area (Å²) in [6.45, 7) is 0.505. The minimum Gasteiger partial charge on any atom is -0.478 e. The molecule has 2 N–H and O–H groups in total. The molecule has 0 fully saturated rings. The van der Waals surface area contributed by atoms with Crippen LogP contribution in [0.15, 0.2) is 29.4 Å². The summed E-state index contributed by atoms with van der Waals surface area (Å²) in [5.41, 5.74) is 0.664. The summed E-state index contributed by atoms with van der Waals surface area (Å²) in [6, 6.07) is 1.44. The Labute approximate surface area is 96.5 Å². The summed E-state index contributed by atoms with van der Waals surface area (Å²) >= 11 is 0. The fraction of sp³-hybridized carbons (Fsp3) is 0.200. The fourth-order valence-corrected chi connectivity index (χ4v) is 1.33. The molecule has 0 saturated heterocycles. The highest BCUT2D eigenvalue weighted by Gasteiger charge is 2.09. The molecule has 2 aromatic rings. The molecule has 7 nitrogen and oxygen atoms in total. The zero-order valence-corrected chi connectivity index (χ0v) is 8.83. The first-order valence-corrected chi connectivity index (χ1v) is 4.94. The Bertz CT molecular complexity index is 498. The van der Waals surface area contributed by atoms with Crippen molar-refractivity contribution in [3.63, 3.8) is 0 Å². The SMILES string of the molecule is O=C(O)c1ccncc1NCCc1ncon1. The molecule has 0 aliphatic rings. The number of nitrogens with zero attached hydrogens (tertiary/aromatic N) is 3. The molecule has 0 atom stereocenters. The van der Waals surface area contributed by atoms with Gasteiger partial charge in [0, 0.05) is 19.2 Å². The second-order valence-corrected chi connectivity index (χ2v) is 3.25. The maximum atomic E-state index is 10.9. The Hall–Kier alpha value is -2.44. The average molecular weight is 234 g/mol. The van der Waals surface area contributed by atoms with Crippen LogP contribution >= 0.6 is 0 Å². The normalized spacial score (nSPS) is 10.1. The molecule has 0 amide bonds. The standard InChI is InChI=1S/C10H10N4O3/c15-10(16)7-1-3-11-5-8(7)12-4-2-9-13-6-17-14-9/h1,3,5-6,12H,2,4H2,(H,15,16). The van der Waals surface area contributed by atoms with E-state index < -0.39 is 5.97 Å². The fourth-order valence-electron chi connectivity index (χ4n) is 1.33. The van der Waals surface area contributed by atoms with Crippen LogP contribution in [-0.2, 0) is 6.42 Å². The molecule has 7 heteroatoms. The van der Waals surface area contributed by atoms with Crippen LogP contribution in [0.25, 0.3) is 0 Å². The van der Waals surface area contributed by atoms with E-state index in [0.29, 0.717) is 24.5 Å². The van der Waals surface area contributed by atoms with Crippen LogP contribution < -0.4 is 5.32 Å². The molecular formula is C10H10N4O3. The van der Waals surface area contributed by atoms with Gasteiger partial charge in [-0.15, -0.1) is 0 Å². The highest BCUT2D eigenvalue weighted by atomic mass is 16.5. The number of hydrogen-bond donors (Lipinski definition) is 2. The van der Waals surface area contributed by atoms with Crippen LogP contribution in [0.5, 0.6) is 0 Å². The van der Waals surface area contributed by atoms with E-state index in [1.807, 2.05) is 0 Å². The number of aromatic carboxylic acids is 1. The van der Waals surface area contributed by atoms with Crippen LogP contribution in [0.4, 0.5) is 5.69 Å². The lowest BCUT2D eigenvalue weighted by atomic mass is 10.2. The van der Waals surface area contributed by atoms with Gasteiger partial charge in [-0.3, -0.25) is 4.98 Å². The number of pyridine rings is 1. The molecule has 0 unspecified atom stereocenters. The third kappa shape index (κ3) is 2.77. The van der Waals surface area contributed by atoms with Gasteiger partial charge in [-0.2, -0.15) is 4.98 Å². The van der Waals surface area contributed by atoms with Gasteiger partial charge in [-0.1, -0.05) is 5.16 Å². The number of carboxylic acid groups (broad SMARTS) is 1. The molecule has 0 radical (unpaired) electrons. The number of anilines is 1. The molecule has 17 heavy (non-hydrogen) atoms. The number of hydrogen-bond acceptors (Lipinski definition) is 6. The predicted octanol–water partition coefficient (Wildman–Crippen LogP) is 0.817. The van der Waals surface area contributed by atoms with Crippen molar-refractivity contribution in [2.24, 2.45) is 0 Å². The van der Waals surface area contributed by atoms with Crippen LogP contribution in [-0.4, -0.2) is 32.7 Å².